The van der Waals surface area contributed by atoms with E-state index in [1.807, 2.05) is 0 Å². The second kappa shape index (κ2) is 4.91. The van der Waals surface area contributed by atoms with Crippen LogP contribution in [0.5, 0.6) is 0 Å². The number of carbonyl (C=O) groups is 1. The molecule has 0 heterocycles. The zero-order chi connectivity index (χ0) is 14.3. The predicted octanol–water partition coefficient (Wildman–Crippen LogP) is 3.57. The van der Waals surface area contributed by atoms with Crippen LogP contribution in [-0.2, 0) is 11.2 Å². The highest BCUT2D eigenvalue weighted by Gasteiger charge is 2.75. The molecule has 2 heteroatoms. The molecular formula is C18H25NO. The summed E-state index contributed by atoms with van der Waals surface area (Å²) in [6.45, 7) is 7.27. The highest BCUT2D eigenvalue weighted by atomic mass is 16.2. The summed E-state index contributed by atoms with van der Waals surface area (Å²) in [5, 5.41) is 0. The third-order valence-electron chi connectivity index (χ3n) is 5.21. The Hall–Kier alpha value is -1.31. The first-order valence-corrected chi connectivity index (χ1v) is 7.97. The highest BCUT2D eigenvalue weighted by Crippen LogP contribution is 2.76. The van der Waals surface area contributed by atoms with Gasteiger partial charge in [-0.25, -0.2) is 0 Å². The fraction of sp³-hybridized carbons (Fsp3) is 0.611. The molecule has 1 aromatic rings. The van der Waals surface area contributed by atoms with Gasteiger partial charge in [0, 0.05) is 12.6 Å². The molecule has 20 heavy (non-hydrogen) atoms. The van der Waals surface area contributed by atoms with Crippen LogP contribution in [0.1, 0.15) is 44.2 Å². The molecule has 0 bridgehead atoms. The third kappa shape index (κ3) is 2.25. The molecule has 0 radical (unpaired) electrons. The summed E-state index contributed by atoms with van der Waals surface area (Å²) < 4.78 is 0. The summed E-state index contributed by atoms with van der Waals surface area (Å²) >= 11 is 0. The Kier molecular flexibility index (Phi) is 3.35. The van der Waals surface area contributed by atoms with E-state index in [9.17, 15) is 4.79 Å². The van der Waals surface area contributed by atoms with Crippen LogP contribution >= 0.6 is 0 Å². The van der Waals surface area contributed by atoms with E-state index < -0.39 is 0 Å². The smallest absolute Gasteiger partial charge is 0.229 e. The molecule has 0 N–H and O–H groups in total. The van der Waals surface area contributed by atoms with Gasteiger partial charge in [0.05, 0.1) is 5.41 Å². The maximum atomic E-state index is 12.7. The summed E-state index contributed by atoms with van der Waals surface area (Å²) in [7, 11) is 0. The van der Waals surface area contributed by atoms with Gasteiger partial charge in [-0.1, -0.05) is 36.8 Å². The Morgan fingerprint density at radius 1 is 1.30 bits per heavy atom. The normalized spacial score (nSPS) is 27.6. The van der Waals surface area contributed by atoms with Crippen LogP contribution in [0.2, 0.25) is 0 Å². The fourth-order valence-corrected chi connectivity index (χ4v) is 3.38. The molecular weight excluding hydrogens is 246 g/mol. The molecule has 2 aliphatic carbocycles. The lowest BCUT2D eigenvalue weighted by Gasteiger charge is -2.31. The number of rotatable bonds is 6. The first kappa shape index (κ1) is 13.7. The topological polar surface area (TPSA) is 20.3 Å². The Labute approximate surface area is 122 Å². The number of amides is 1. The van der Waals surface area contributed by atoms with Crippen molar-refractivity contribution >= 4 is 5.91 Å². The SMILES string of the molecule is CCC(Cc1ccc(C)cc1)N(CC)C(=O)C12CC1C2. The second-order valence-corrected chi connectivity index (χ2v) is 6.60. The number of hydrogen-bond acceptors (Lipinski definition) is 1. The van der Waals surface area contributed by atoms with Gasteiger partial charge in [0.1, 0.15) is 0 Å². The molecule has 3 rings (SSSR count). The molecule has 1 atom stereocenters. The van der Waals surface area contributed by atoms with Crippen molar-refractivity contribution in [1.29, 1.82) is 0 Å². The minimum atomic E-state index is 0.108. The van der Waals surface area contributed by atoms with E-state index in [1.54, 1.807) is 0 Å². The summed E-state index contributed by atoms with van der Waals surface area (Å²) in [5.74, 6) is 1.17. The summed E-state index contributed by atoms with van der Waals surface area (Å²) in [5.41, 5.74) is 2.74. The average Bonchev–Trinajstić information content (AvgIpc) is 3.29. The first-order chi connectivity index (χ1) is 9.60. The summed E-state index contributed by atoms with van der Waals surface area (Å²) in [6.07, 6.45) is 4.33. The molecule has 2 fully saturated rings. The lowest BCUT2D eigenvalue weighted by molar-refractivity contribution is -0.137. The Balaban J connectivity index is 1.70. The highest BCUT2D eigenvalue weighted by molar-refractivity contribution is 5.90. The maximum Gasteiger partial charge on any atom is 0.229 e. The van der Waals surface area contributed by atoms with Gasteiger partial charge in [0.15, 0.2) is 0 Å². The minimum absolute atomic E-state index is 0.108. The van der Waals surface area contributed by atoms with Crippen molar-refractivity contribution in [2.24, 2.45) is 11.3 Å². The molecule has 1 unspecified atom stereocenters. The second-order valence-electron chi connectivity index (χ2n) is 6.60. The van der Waals surface area contributed by atoms with Gasteiger partial charge in [-0.2, -0.15) is 0 Å². The standard InChI is InChI=1S/C18H25NO/c1-4-16(10-14-8-6-13(3)7-9-14)19(5-2)17(20)18-11-15(18)12-18/h6-9,15-16H,4-5,10-12H2,1-3H3. The van der Waals surface area contributed by atoms with Crippen molar-refractivity contribution < 1.29 is 4.79 Å². The zero-order valence-electron chi connectivity index (χ0n) is 12.9. The maximum absolute atomic E-state index is 12.7. The zero-order valence-corrected chi connectivity index (χ0v) is 12.9. The van der Waals surface area contributed by atoms with E-state index in [-0.39, 0.29) is 5.41 Å². The van der Waals surface area contributed by atoms with E-state index in [2.05, 4.69) is 49.9 Å². The molecule has 2 saturated carbocycles. The Morgan fingerprint density at radius 3 is 2.35 bits per heavy atom. The van der Waals surface area contributed by atoms with Gasteiger partial charge >= 0.3 is 0 Å². The molecule has 1 amide bonds. The van der Waals surface area contributed by atoms with Gasteiger partial charge in [0.2, 0.25) is 5.91 Å². The van der Waals surface area contributed by atoms with E-state index in [4.69, 9.17) is 0 Å². The van der Waals surface area contributed by atoms with Crippen molar-refractivity contribution in [2.45, 2.75) is 52.5 Å². The van der Waals surface area contributed by atoms with Crippen molar-refractivity contribution in [3.05, 3.63) is 35.4 Å². The number of fused-ring (bicyclic) bond motifs is 1. The predicted molar refractivity (Wildman–Crippen MR) is 81.5 cm³/mol. The van der Waals surface area contributed by atoms with Crippen LogP contribution in [0, 0.1) is 18.3 Å². The van der Waals surface area contributed by atoms with Crippen LogP contribution in [0.15, 0.2) is 24.3 Å². The van der Waals surface area contributed by atoms with Gasteiger partial charge in [-0.3, -0.25) is 4.79 Å². The number of carbonyl (C=O) groups excluding carboxylic acids is 1. The fourth-order valence-electron chi connectivity index (χ4n) is 3.38. The Bertz CT molecular complexity index is 499. The van der Waals surface area contributed by atoms with Crippen molar-refractivity contribution in [3.63, 3.8) is 0 Å². The average molecular weight is 271 g/mol. The summed E-state index contributed by atoms with van der Waals surface area (Å²) in [4.78, 5) is 14.8. The van der Waals surface area contributed by atoms with E-state index in [0.717, 1.165) is 38.1 Å². The van der Waals surface area contributed by atoms with Crippen LogP contribution < -0.4 is 0 Å². The third-order valence-corrected chi connectivity index (χ3v) is 5.21. The molecule has 2 nitrogen and oxygen atoms in total. The summed E-state index contributed by atoms with van der Waals surface area (Å²) in [6, 6.07) is 9.08. The van der Waals surface area contributed by atoms with E-state index in [0.29, 0.717) is 11.9 Å². The molecule has 108 valence electrons. The number of hydrogen-bond donors (Lipinski definition) is 0. The van der Waals surface area contributed by atoms with Crippen molar-refractivity contribution in [3.8, 4) is 0 Å². The number of aryl methyl sites for hydroxylation is 1. The Morgan fingerprint density at radius 2 is 1.90 bits per heavy atom. The lowest BCUT2D eigenvalue weighted by Crippen LogP contribution is -2.43. The molecule has 0 aromatic heterocycles. The monoisotopic (exact) mass is 271 g/mol. The van der Waals surface area contributed by atoms with Crippen LogP contribution in [0.25, 0.3) is 0 Å². The molecule has 0 aliphatic heterocycles. The van der Waals surface area contributed by atoms with Crippen LogP contribution in [-0.4, -0.2) is 23.4 Å². The lowest BCUT2D eigenvalue weighted by atomic mass is 10.00. The molecule has 0 spiro atoms. The van der Waals surface area contributed by atoms with Crippen LogP contribution in [0.4, 0.5) is 0 Å². The number of nitrogens with zero attached hydrogens (tertiary/aromatic N) is 1. The molecule has 2 aliphatic rings. The quantitative estimate of drug-likeness (QED) is 0.774. The van der Waals surface area contributed by atoms with E-state index >= 15 is 0 Å². The van der Waals surface area contributed by atoms with Gasteiger partial charge in [-0.05, 0) is 51.0 Å². The molecule has 0 saturated heterocycles. The first-order valence-electron chi connectivity index (χ1n) is 7.97. The van der Waals surface area contributed by atoms with Crippen molar-refractivity contribution in [2.75, 3.05) is 6.54 Å². The van der Waals surface area contributed by atoms with Gasteiger partial charge < -0.3 is 4.90 Å². The largest absolute Gasteiger partial charge is 0.339 e. The number of likely N-dealkylation sites (N-methyl/N-ethyl adjacent to an activating group) is 1. The van der Waals surface area contributed by atoms with E-state index in [1.165, 1.54) is 11.1 Å². The molecule has 1 aromatic carbocycles. The van der Waals surface area contributed by atoms with Gasteiger partial charge in [0.25, 0.3) is 0 Å². The van der Waals surface area contributed by atoms with Crippen molar-refractivity contribution in [1.82, 2.24) is 4.90 Å². The number of benzene rings is 1. The van der Waals surface area contributed by atoms with Crippen LogP contribution in [0.3, 0.4) is 0 Å². The minimum Gasteiger partial charge on any atom is -0.339 e. The van der Waals surface area contributed by atoms with Gasteiger partial charge in [-0.15, -0.1) is 0 Å².